The quantitative estimate of drug-likeness (QED) is 0.493. The standard InChI is InChI=1S/C14H11ClN2O3/c1-9-3-2-4-12(5-9)16-8-10-6-11(15)7-13(14(10)18)17(19)20/h2-8,18H,1H3/p-1. The van der Waals surface area contributed by atoms with Gasteiger partial charge in [0.2, 0.25) is 0 Å². The predicted octanol–water partition coefficient (Wildman–Crippen LogP) is 3.38. The lowest BCUT2D eigenvalue weighted by Crippen LogP contribution is -2.02. The lowest BCUT2D eigenvalue weighted by Gasteiger charge is -2.10. The number of nitro benzene ring substituents is 1. The fraction of sp³-hybridized carbons (Fsp3) is 0.0714. The summed E-state index contributed by atoms with van der Waals surface area (Å²) in [5.74, 6) is -0.698. The summed E-state index contributed by atoms with van der Waals surface area (Å²) in [5.41, 5.74) is 1.22. The minimum atomic E-state index is -0.752. The zero-order valence-corrected chi connectivity index (χ0v) is 11.3. The highest BCUT2D eigenvalue weighted by atomic mass is 35.5. The number of aryl methyl sites for hydroxylation is 1. The third-order valence-corrected chi connectivity index (χ3v) is 2.83. The lowest BCUT2D eigenvalue weighted by atomic mass is 10.2. The van der Waals surface area contributed by atoms with Crippen molar-refractivity contribution in [3.8, 4) is 5.75 Å². The van der Waals surface area contributed by atoms with Crippen LogP contribution in [-0.2, 0) is 0 Å². The summed E-state index contributed by atoms with van der Waals surface area (Å²) in [6.07, 6.45) is 1.29. The van der Waals surface area contributed by atoms with Gasteiger partial charge in [0.25, 0.3) is 5.69 Å². The number of hydrogen-bond acceptors (Lipinski definition) is 4. The molecule has 2 aromatic rings. The fourth-order valence-electron chi connectivity index (χ4n) is 1.68. The van der Waals surface area contributed by atoms with Crippen LogP contribution in [0.5, 0.6) is 5.75 Å². The third kappa shape index (κ3) is 3.13. The van der Waals surface area contributed by atoms with Crippen LogP contribution in [0.3, 0.4) is 0 Å². The van der Waals surface area contributed by atoms with Crippen LogP contribution < -0.4 is 5.11 Å². The molecule has 0 bridgehead atoms. The van der Waals surface area contributed by atoms with Crippen molar-refractivity contribution in [3.63, 3.8) is 0 Å². The van der Waals surface area contributed by atoms with Crippen LogP contribution >= 0.6 is 11.6 Å². The maximum Gasteiger partial charge on any atom is 0.263 e. The Bertz CT molecular complexity index is 699. The van der Waals surface area contributed by atoms with E-state index in [0.29, 0.717) is 5.69 Å². The predicted molar refractivity (Wildman–Crippen MR) is 76.0 cm³/mol. The molecule has 0 N–H and O–H groups in total. The molecule has 0 saturated carbocycles. The van der Waals surface area contributed by atoms with Crippen molar-refractivity contribution < 1.29 is 10.0 Å². The molecule has 0 unspecified atom stereocenters. The second-order valence-corrected chi connectivity index (χ2v) is 4.63. The molecular formula is C14H10ClN2O3-. The Morgan fingerprint density at radius 1 is 1.30 bits per heavy atom. The van der Waals surface area contributed by atoms with Gasteiger partial charge >= 0.3 is 0 Å². The summed E-state index contributed by atoms with van der Waals surface area (Å²) in [4.78, 5) is 14.1. The number of benzene rings is 2. The van der Waals surface area contributed by atoms with Gasteiger partial charge in [0.1, 0.15) is 0 Å². The van der Waals surface area contributed by atoms with Crippen molar-refractivity contribution in [2.45, 2.75) is 6.92 Å². The molecule has 5 nitrogen and oxygen atoms in total. The van der Waals surface area contributed by atoms with E-state index in [9.17, 15) is 15.2 Å². The van der Waals surface area contributed by atoms with Crippen LogP contribution in [0.4, 0.5) is 11.4 Å². The van der Waals surface area contributed by atoms with E-state index in [1.807, 2.05) is 25.1 Å². The molecule has 2 rings (SSSR count). The van der Waals surface area contributed by atoms with Gasteiger partial charge in [-0.3, -0.25) is 15.1 Å². The Morgan fingerprint density at radius 2 is 2.05 bits per heavy atom. The third-order valence-electron chi connectivity index (χ3n) is 2.61. The van der Waals surface area contributed by atoms with Crippen LogP contribution in [0.25, 0.3) is 0 Å². The largest absolute Gasteiger partial charge is 0.867 e. The molecule has 102 valence electrons. The first kappa shape index (κ1) is 14.0. The van der Waals surface area contributed by atoms with Gasteiger partial charge in [-0.1, -0.05) is 23.7 Å². The van der Waals surface area contributed by atoms with Gasteiger partial charge < -0.3 is 5.11 Å². The van der Waals surface area contributed by atoms with Crippen molar-refractivity contribution in [1.29, 1.82) is 0 Å². The molecule has 0 fully saturated rings. The zero-order chi connectivity index (χ0) is 14.7. The average Bonchev–Trinajstić information content (AvgIpc) is 2.39. The minimum absolute atomic E-state index is 0.0886. The molecule has 20 heavy (non-hydrogen) atoms. The molecule has 0 aliphatic carbocycles. The van der Waals surface area contributed by atoms with Gasteiger partial charge in [-0.25, -0.2) is 0 Å². The average molecular weight is 290 g/mol. The number of nitrogens with zero attached hydrogens (tertiary/aromatic N) is 2. The molecule has 0 aliphatic heterocycles. The first-order chi connectivity index (χ1) is 9.47. The molecule has 0 aliphatic rings. The monoisotopic (exact) mass is 289 g/mol. The first-order valence-electron chi connectivity index (χ1n) is 5.73. The summed E-state index contributed by atoms with van der Waals surface area (Å²) in [6, 6.07) is 9.75. The Hall–Kier alpha value is -2.40. The van der Waals surface area contributed by atoms with Crippen LogP contribution in [0, 0.1) is 17.0 Å². The molecule has 2 aromatic carbocycles. The summed E-state index contributed by atoms with van der Waals surface area (Å²) < 4.78 is 0. The Kier molecular flexibility index (Phi) is 4.00. The highest BCUT2D eigenvalue weighted by Gasteiger charge is 2.11. The van der Waals surface area contributed by atoms with E-state index in [1.165, 1.54) is 12.3 Å². The molecule has 0 atom stereocenters. The van der Waals surface area contributed by atoms with Crippen LogP contribution in [-0.4, -0.2) is 11.1 Å². The topological polar surface area (TPSA) is 78.6 Å². The number of hydrogen-bond donors (Lipinski definition) is 0. The molecule has 0 radical (unpaired) electrons. The van der Waals surface area contributed by atoms with Crippen molar-refractivity contribution in [1.82, 2.24) is 0 Å². The highest BCUT2D eigenvalue weighted by Crippen LogP contribution is 2.30. The van der Waals surface area contributed by atoms with E-state index in [-0.39, 0.29) is 10.6 Å². The van der Waals surface area contributed by atoms with Gasteiger partial charge in [-0.05, 0) is 42.0 Å². The number of aliphatic imine (C=N–C) groups is 1. The van der Waals surface area contributed by atoms with Crippen molar-refractivity contribution in [2.24, 2.45) is 4.99 Å². The van der Waals surface area contributed by atoms with Crippen molar-refractivity contribution in [2.75, 3.05) is 0 Å². The first-order valence-corrected chi connectivity index (χ1v) is 6.11. The normalized spacial score (nSPS) is 10.9. The van der Waals surface area contributed by atoms with Gasteiger partial charge in [0.15, 0.2) is 0 Å². The van der Waals surface area contributed by atoms with E-state index in [0.717, 1.165) is 11.6 Å². The molecule has 0 spiro atoms. The lowest BCUT2D eigenvalue weighted by molar-refractivity contribution is -0.398. The molecule has 0 saturated heterocycles. The van der Waals surface area contributed by atoms with Crippen LogP contribution in [0.1, 0.15) is 11.1 Å². The van der Waals surface area contributed by atoms with Crippen molar-refractivity contribution in [3.05, 3.63) is 62.7 Å². The van der Waals surface area contributed by atoms with E-state index >= 15 is 0 Å². The smallest absolute Gasteiger partial charge is 0.263 e. The molecule has 0 heterocycles. The number of nitro groups is 1. The summed E-state index contributed by atoms with van der Waals surface area (Å²) in [6.45, 7) is 1.92. The van der Waals surface area contributed by atoms with E-state index < -0.39 is 16.4 Å². The number of halogens is 1. The van der Waals surface area contributed by atoms with Gasteiger partial charge in [-0.15, -0.1) is 0 Å². The Labute approximate surface area is 120 Å². The maximum absolute atomic E-state index is 11.9. The zero-order valence-electron chi connectivity index (χ0n) is 10.5. The van der Waals surface area contributed by atoms with Gasteiger partial charge in [-0.2, -0.15) is 0 Å². The van der Waals surface area contributed by atoms with Crippen LogP contribution in [0.2, 0.25) is 5.02 Å². The number of rotatable bonds is 3. The van der Waals surface area contributed by atoms with Crippen LogP contribution in [0.15, 0.2) is 41.4 Å². The fourth-order valence-corrected chi connectivity index (χ4v) is 1.90. The summed E-state index contributed by atoms with van der Waals surface area (Å²) in [7, 11) is 0. The Balaban J connectivity index is 2.41. The van der Waals surface area contributed by atoms with Gasteiger partial charge in [0.05, 0.1) is 10.6 Å². The molecular weight excluding hydrogens is 280 g/mol. The Morgan fingerprint density at radius 3 is 2.70 bits per heavy atom. The summed E-state index contributed by atoms with van der Waals surface area (Å²) in [5, 5.41) is 22.7. The van der Waals surface area contributed by atoms with Gasteiger partial charge in [0, 0.05) is 17.3 Å². The summed E-state index contributed by atoms with van der Waals surface area (Å²) >= 11 is 5.77. The highest BCUT2D eigenvalue weighted by molar-refractivity contribution is 6.31. The van der Waals surface area contributed by atoms with E-state index in [4.69, 9.17) is 11.6 Å². The second-order valence-electron chi connectivity index (χ2n) is 4.20. The van der Waals surface area contributed by atoms with E-state index in [1.54, 1.807) is 6.07 Å². The molecule has 0 amide bonds. The molecule has 0 aromatic heterocycles. The van der Waals surface area contributed by atoms with E-state index in [2.05, 4.69) is 4.99 Å². The maximum atomic E-state index is 11.9. The second kappa shape index (κ2) is 5.71. The van der Waals surface area contributed by atoms with Crippen molar-refractivity contribution >= 4 is 29.2 Å². The molecule has 6 heteroatoms. The SMILES string of the molecule is Cc1cccc(N=Cc2cc(Cl)cc([N+](=O)[O-])c2[O-])c1. The minimum Gasteiger partial charge on any atom is -0.867 e.